The van der Waals surface area contributed by atoms with Crippen LogP contribution >= 0.6 is 85.1 Å². The average Bonchev–Trinajstić information content (AvgIpc) is 1.03. The van der Waals surface area contributed by atoms with E-state index in [0.717, 1.165) is 103 Å². The molecule has 6 atom stereocenters. The summed E-state index contributed by atoms with van der Waals surface area (Å²) in [6.07, 6.45) is 45.3. The van der Waals surface area contributed by atoms with Gasteiger partial charge in [0.05, 0.1) is 29.2 Å². The summed E-state index contributed by atoms with van der Waals surface area (Å²) < 4.78 is 0. The van der Waals surface area contributed by atoms with Gasteiger partial charge in [0.25, 0.3) is 0 Å². The van der Waals surface area contributed by atoms with Crippen molar-refractivity contribution in [1.82, 2.24) is 0 Å². The fourth-order valence-electron chi connectivity index (χ4n) is 17.2. The summed E-state index contributed by atoms with van der Waals surface area (Å²) in [6, 6.07) is 30.7. The molecule has 105 heavy (non-hydrogen) atoms. The normalized spacial score (nSPS) is 27.3. The fourth-order valence-corrected chi connectivity index (χ4v) is 17.2. The van der Waals surface area contributed by atoms with Crippen molar-refractivity contribution in [2.24, 2.45) is 72.3 Å². The van der Waals surface area contributed by atoms with Crippen LogP contribution in [-0.4, -0.2) is 85.8 Å². The SMILES string of the molecule is Cc1cccc(C=NC23CCCC(CC2)C3)c1O.Cc1cccc(C=NC23CCCCC(C2)C3)c1O.Cc1cccc(C=NC2C3CCCCC2C3)c1O.Cc1cccc(C=NC2CCC3CC(C3)C2)c1O.Cc1cccc(C=NC2CCCC3CC2C3)c1O.[Cl][Zr][Cl].[Cl][Zr][Cl].[Cl][Zr][Cl].[Cl][Zr][Cl].[Cl][Zr][Cl]. The number of hydrogen-bond donors (Lipinski definition) is 5. The molecule has 5 aromatic rings. The second-order valence-electron chi connectivity index (χ2n) is 30.0. The number of aliphatic imine (C=N–C) groups is 5. The van der Waals surface area contributed by atoms with Gasteiger partial charge in [-0.2, -0.15) is 0 Å². The Balaban J connectivity index is 0.000000196. The van der Waals surface area contributed by atoms with Gasteiger partial charge in [0.2, 0.25) is 0 Å². The van der Waals surface area contributed by atoms with E-state index in [4.69, 9.17) is 110 Å². The van der Waals surface area contributed by atoms with Crippen LogP contribution < -0.4 is 0 Å². The molecule has 13 aliphatic carbocycles. The summed E-state index contributed by atoms with van der Waals surface area (Å²) in [6.45, 7) is 9.63. The number of nitrogens with zero attached hydrogens (tertiary/aromatic N) is 5. The number of phenols is 5. The van der Waals surface area contributed by atoms with E-state index in [1.165, 1.54) is 173 Å². The third kappa shape index (κ3) is 31.4. The number of fused-ring (bicyclic) bond motifs is 13. The number of aryl methyl sites for hydroxylation is 5. The van der Waals surface area contributed by atoms with Crippen LogP contribution in [0.25, 0.3) is 0 Å². The summed E-state index contributed by atoms with van der Waals surface area (Å²) in [5.74, 6) is 9.02. The van der Waals surface area contributed by atoms with E-state index < -0.39 is 104 Å². The standard InChI is InChI=1S/5C16H21NO.10ClH.5Zr/c1-12-4-2-6-14(15(12)18)11-17-16-8-3-5-13(10-16)7-9-16;1-11-4-2-6-13(16(11)18)10-17-15-7-3-5-12-8-14(15)9-12;1-12-5-4-7-14(15(12)18)11-17-16-8-3-2-6-13(9-16)10-16;1-11-5-4-8-14(16(11)18)10-17-15-12-6-2-3-7-13(15)9-12;1-11-3-2-4-14(16(11)18)10-17-15-6-5-12-7-13(8-12)9-15;;;;;;;;;;;;;;;/h2,4,6,11,13,18H,3,5,7-10H2,1H3;2,4,6,10,12,14-15,18H,3,5,7-9H2,1H3;4-5,7,11,13,18H,2-3,6,8-10H2,1H3;4-5,8,10,12-13,15,18H,2-3,6-7,9H2,1H3;2-4,10,12-13,15,18H,5-9H2,1H3;10*1H;;;;;/q;;;;;;;;;;;;;;;5*+2/p-10. The van der Waals surface area contributed by atoms with Crippen LogP contribution in [0.2, 0.25) is 0 Å². The summed E-state index contributed by atoms with van der Waals surface area (Å²) in [5, 5.41) is 49.9. The van der Waals surface area contributed by atoms with Crippen molar-refractivity contribution >= 4 is 116 Å². The van der Waals surface area contributed by atoms with E-state index in [9.17, 15) is 25.5 Å². The molecule has 0 heterocycles. The predicted molar refractivity (Wildman–Crippen MR) is 430 cm³/mol. The Morgan fingerprint density at radius 3 is 1.18 bits per heavy atom. The Labute approximate surface area is 720 Å². The first kappa shape index (κ1) is 94.6. The van der Waals surface area contributed by atoms with Crippen LogP contribution in [0.3, 0.4) is 0 Å². The number of hydrogen-bond acceptors (Lipinski definition) is 10. The molecule has 13 aliphatic rings. The first-order chi connectivity index (χ1) is 50.7. The number of halogens is 10. The summed E-state index contributed by atoms with van der Waals surface area (Å²) >= 11 is -4.13. The van der Waals surface area contributed by atoms with Gasteiger partial charge in [0, 0.05) is 58.9 Å². The summed E-state index contributed by atoms with van der Waals surface area (Å²) in [7, 11) is 49.3. The van der Waals surface area contributed by atoms with Gasteiger partial charge in [0.15, 0.2) is 0 Å². The predicted octanol–water partition coefficient (Wildman–Crippen LogP) is 25.7. The van der Waals surface area contributed by atoms with Crippen molar-refractivity contribution < 1.29 is 130 Å². The number of rotatable bonds is 10. The summed E-state index contributed by atoms with van der Waals surface area (Å²) in [4.78, 5) is 23.9. The molecule has 25 heteroatoms. The number of benzene rings is 5. The van der Waals surface area contributed by atoms with E-state index >= 15 is 0 Å². The third-order valence-corrected chi connectivity index (χ3v) is 23.0. The Morgan fingerprint density at radius 2 is 0.705 bits per heavy atom. The van der Waals surface area contributed by atoms with Gasteiger partial charge >= 0.3 is 189 Å². The molecular weight excluding hydrogens is 1920 g/mol. The molecule has 0 saturated heterocycles. The van der Waals surface area contributed by atoms with E-state index in [-0.39, 0.29) is 11.1 Å². The fraction of sp³-hybridized carbons (Fsp3) is 0.562. The average molecular weight is 2030 g/mol. The number of phenolic OH excluding ortho intramolecular Hbond substituents is 5. The maximum atomic E-state index is 10.0. The molecule has 6 unspecified atom stereocenters. The van der Waals surface area contributed by atoms with Crippen LogP contribution in [0.15, 0.2) is 116 Å². The molecule has 10 nitrogen and oxygen atoms in total. The Hall–Kier alpha value is 0.766. The van der Waals surface area contributed by atoms with Gasteiger partial charge < -0.3 is 25.5 Å². The van der Waals surface area contributed by atoms with E-state index in [1.807, 2.05) is 157 Å². The van der Waals surface area contributed by atoms with Gasteiger partial charge in [-0.3, -0.25) is 25.0 Å². The second-order valence-corrected chi connectivity index (χ2v) is 48.7. The molecule has 0 amide bonds. The van der Waals surface area contributed by atoms with Crippen molar-refractivity contribution in [3.05, 3.63) is 147 Å². The van der Waals surface area contributed by atoms with E-state index in [2.05, 4.69) is 0 Å². The van der Waals surface area contributed by atoms with Crippen LogP contribution in [0, 0.1) is 82.0 Å². The van der Waals surface area contributed by atoms with Gasteiger partial charge in [-0.15, -0.1) is 0 Å². The first-order valence-corrected chi connectivity index (χ1v) is 68.8. The molecule has 13 fully saturated rings. The van der Waals surface area contributed by atoms with Crippen LogP contribution in [0.5, 0.6) is 28.7 Å². The van der Waals surface area contributed by atoms with Crippen LogP contribution in [0.4, 0.5) is 0 Å². The molecule has 18 rings (SSSR count). The first-order valence-electron chi connectivity index (χ1n) is 37.1. The second kappa shape index (κ2) is 51.7. The van der Waals surface area contributed by atoms with Gasteiger partial charge in [0.1, 0.15) is 28.7 Å². The van der Waals surface area contributed by atoms with Crippen molar-refractivity contribution in [2.45, 2.75) is 237 Å². The zero-order valence-electron chi connectivity index (χ0n) is 61.2. The van der Waals surface area contributed by atoms with Crippen molar-refractivity contribution in [3.63, 3.8) is 0 Å². The Bertz CT molecular complexity index is 3420. The Morgan fingerprint density at radius 1 is 0.324 bits per heavy atom. The van der Waals surface area contributed by atoms with Crippen molar-refractivity contribution in [2.75, 3.05) is 0 Å². The number of para-hydroxylation sites is 5. The van der Waals surface area contributed by atoms with Gasteiger partial charge in [-0.25, -0.2) is 0 Å². The monoisotopic (exact) mass is 2020 g/mol. The van der Waals surface area contributed by atoms with Gasteiger partial charge in [-0.05, 0) is 256 Å². The van der Waals surface area contributed by atoms with Gasteiger partial charge in [-0.1, -0.05) is 118 Å². The zero-order valence-corrected chi connectivity index (χ0v) is 81.1. The molecule has 5 N–H and O–H groups in total. The molecule has 5 aromatic carbocycles. The number of aromatic hydroxyl groups is 5. The molecule has 10 bridgehead atoms. The molecule has 13 saturated carbocycles. The van der Waals surface area contributed by atoms with E-state index in [0.29, 0.717) is 46.9 Å². The molecule has 0 radical (unpaired) electrons. The van der Waals surface area contributed by atoms with Crippen molar-refractivity contribution in [3.8, 4) is 28.7 Å². The minimum atomic E-state index is -0.826. The molecule has 0 spiro atoms. The Kier molecular flexibility index (Phi) is 46.6. The maximum absolute atomic E-state index is 10.0. The molecule has 570 valence electrons. The summed E-state index contributed by atoms with van der Waals surface area (Å²) in [5.41, 5.74) is 9.29. The van der Waals surface area contributed by atoms with Crippen LogP contribution in [-0.2, 0) is 104 Å². The third-order valence-electron chi connectivity index (χ3n) is 23.0. The van der Waals surface area contributed by atoms with Crippen LogP contribution in [0.1, 0.15) is 229 Å². The quantitative estimate of drug-likeness (QED) is 0.0878. The topological polar surface area (TPSA) is 163 Å². The van der Waals surface area contributed by atoms with Crippen molar-refractivity contribution in [1.29, 1.82) is 0 Å². The molecular formula is C80H105Cl10N5O5Zr5. The zero-order chi connectivity index (χ0) is 76.3. The molecule has 0 aromatic heterocycles. The molecule has 0 aliphatic heterocycles. The van der Waals surface area contributed by atoms with E-state index in [1.54, 1.807) is 0 Å². The minimum absolute atomic E-state index is 0.194.